The molecule has 0 aliphatic carbocycles. The maximum Gasteiger partial charge on any atom is 0.0937 e. The van der Waals surface area contributed by atoms with Crippen LogP contribution in [0.1, 0.15) is 25.0 Å². The Labute approximate surface area is 75.0 Å². The lowest BCUT2D eigenvalue weighted by Gasteiger charge is -1.95. The summed E-state index contributed by atoms with van der Waals surface area (Å²) >= 11 is 0. The van der Waals surface area contributed by atoms with Gasteiger partial charge in [0.1, 0.15) is 0 Å². The van der Waals surface area contributed by atoms with Crippen molar-refractivity contribution < 1.29 is 4.42 Å². The summed E-state index contributed by atoms with van der Waals surface area (Å²) in [5.41, 5.74) is 2.55. The molecule has 1 aromatic heterocycles. The summed E-state index contributed by atoms with van der Waals surface area (Å²) in [6.07, 6.45) is 4.65. The molecular formula is C10H19NO. The number of hydrogen-bond acceptors (Lipinski definition) is 2. The first-order chi connectivity index (χ1) is 5.84. The maximum atomic E-state index is 5.01. The molecule has 0 aliphatic heterocycles. The second kappa shape index (κ2) is 6.92. The van der Waals surface area contributed by atoms with E-state index in [0.717, 1.165) is 13.0 Å². The summed E-state index contributed by atoms with van der Waals surface area (Å²) in [6.45, 7) is 7.08. The summed E-state index contributed by atoms with van der Waals surface area (Å²) in [6, 6.07) is 0. The lowest BCUT2D eigenvalue weighted by atomic mass is 10.1. The van der Waals surface area contributed by atoms with Crippen molar-refractivity contribution in [3.05, 3.63) is 23.7 Å². The van der Waals surface area contributed by atoms with Gasteiger partial charge in [0.15, 0.2) is 0 Å². The highest BCUT2D eigenvalue weighted by atomic mass is 16.3. The Morgan fingerprint density at radius 2 is 2.00 bits per heavy atom. The van der Waals surface area contributed by atoms with Gasteiger partial charge in [0.25, 0.3) is 0 Å². The summed E-state index contributed by atoms with van der Waals surface area (Å²) in [5, 5.41) is 3.09. The molecule has 0 unspecified atom stereocenters. The first kappa shape index (κ1) is 11.2. The van der Waals surface area contributed by atoms with Crippen LogP contribution in [0.2, 0.25) is 0 Å². The molecule has 0 aliphatic rings. The number of furan rings is 1. The van der Waals surface area contributed by atoms with Crippen molar-refractivity contribution in [2.75, 3.05) is 13.6 Å². The van der Waals surface area contributed by atoms with E-state index in [1.165, 1.54) is 11.1 Å². The third kappa shape index (κ3) is 3.58. The molecule has 1 aromatic rings. The maximum absolute atomic E-state index is 5.01. The van der Waals surface area contributed by atoms with Crippen LogP contribution >= 0.6 is 0 Å². The fourth-order valence-electron chi connectivity index (χ4n) is 0.903. The predicted molar refractivity (Wildman–Crippen MR) is 52.4 cm³/mol. The van der Waals surface area contributed by atoms with Gasteiger partial charge < -0.3 is 9.73 Å². The van der Waals surface area contributed by atoms with Gasteiger partial charge in [-0.15, -0.1) is 0 Å². The number of rotatable bonds is 3. The minimum Gasteiger partial charge on any atom is -0.472 e. The molecule has 1 N–H and O–H groups in total. The smallest absolute Gasteiger partial charge is 0.0937 e. The molecule has 0 atom stereocenters. The van der Waals surface area contributed by atoms with Crippen LogP contribution in [0.5, 0.6) is 0 Å². The topological polar surface area (TPSA) is 25.2 Å². The SMILES string of the molecule is CC.CNCCc1cocc1C. The van der Waals surface area contributed by atoms with Crippen molar-refractivity contribution in [3.8, 4) is 0 Å². The van der Waals surface area contributed by atoms with Gasteiger partial charge in [-0.25, -0.2) is 0 Å². The van der Waals surface area contributed by atoms with Gasteiger partial charge in [-0.1, -0.05) is 13.8 Å². The minimum absolute atomic E-state index is 1.01. The Hall–Kier alpha value is -0.760. The highest BCUT2D eigenvalue weighted by Gasteiger charge is 1.97. The first-order valence-corrected chi connectivity index (χ1v) is 4.51. The molecule has 1 rings (SSSR count). The van der Waals surface area contributed by atoms with E-state index in [1.807, 2.05) is 27.2 Å². The largest absolute Gasteiger partial charge is 0.472 e. The van der Waals surface area contributed by atoms with Crippen LogP contribution in [-0.2, 0) is 6.42 Å². The third-order valence-corrected chi connectivity index (χ3v) is 1.61. The van der Waals surface area contributed by atoms with Crippen molar-refractivity contribution in [1.29, 1.82) is 0 Å². The van der Waals surface area contributed by atoms with E-state index >= 15 is 0 Å². The zero-order valence-corrected chi connectivity index (χ0v) is 8.48. The second-order valence-corrected chi connectivity index (χ2v) is 2.43. The standard InChI is InChI=1S/C8H13NO.C2H6/c1-7-5-10-6-8(7)3-4-9-2;1-2/h5-6,9H,3-4H2,1-2H3;1-2H3. The number of likely N-dealkylation sites (N-methyl/N-ethyl adjacent to an activating group) is 1. The monoisotopic (exact) mass is 169 g/mol. The Morgan fingerprint density at radius 1 is 1.33 bits per heavy atom. The Kier molecular flexibility index (Phi) is 6.48. The van der Waals surface area contributed by atoms with E-state index < -0.39 is 0 Å². The van der Waals surface area contributed by atoms with Crippen LogP contribution in [0, 0.1) is 6.92 Å². The normalized spacial score (nSPS) is 9.00. The van der Waals surface area contributed by atoms with Crippen molar-refractivity contribution in [2.24, 2.45) is 0 Å². The summed E-state index contributed by atoms with van der Waals surface area (Å²) in [4.78, 5) is 0. The van der Waals surface area contributed by atoms with Gasteiger partial charge in [0.05, 0.1) is 12.5 Å². The molecule has 2 heteroatoms. The number of nitrogens with one attached hydrogen (secondary N) is 1. The quantitative estimate of drug-likeness (QED) is 0.751. The van der Waals surface area contributed by atoms with Crippen molar-refractivity contribution >= 4 is 0 Å². The van der Waals surface area contributed by atoms with Gasteiger partial charge in [0, 0.05) is 0 Å². The van der Waals surface area contributed by atoms with E-state index in [-0.39, 0.29) is 0 Å². The highest BCUT2D eigenvalue weighted by Crippen LogP contribution is 2.08. The molecule has 0 saturated carbocycles. The van der Waals surface area contributed by atoms with E-state index in [4.69, 9.17) is 4.42 Å². The lowest BCUT2D eigenvalue weighted by molar-refractivity contribution is 0.562. The molecule has 1 heterocycles. The minimum atomic E-state index is 1.01. The fraction of sp³-hybridized carbons (Fsp3) is 0.600. The van der Waals surface area contributed by atoms with Crippen molar-refractivity contribution in [3.63, 3.8) is 0 Å². The molecular weight excluding hydrogens is 150 g/mol. The van der Waals surface area contributed by atoms with Gasteiger partial charge >= 0.3 is 0 Å². The molecule has 70 valence electrons. The average Bonchev–Trinajstić information content (AvgIpc) is 2.51. The molecule has 12 heavy (non-hydrogen) atoms. The Morgan fingerprint density at radius 3 is 2.42 bits per heavy atom. The van der Waals surface area contributed by atoms with E-state index in [2.05, 4.69) is 12.2 Å². The number of hydrogen-bond donors (Lipinski definition) is 1. The Bertz CT molecular complexity index is 193. The zero-order valence-electron chi connectivity index (χ0n) is 8.48. The molecule has 0 saturated heterocycles. The molecule has 0 spiro atoms. The molecule has 0 fully saturated rings. The molecule has 2 nitrogen and oxygen atoms in total. The van der Waals surface area contributed by atoms with Crippen LogP contribution in [0.25, 0.3) is 0 Å². The van der Waals surface area contributed by atoms with E-state index in [9.17, 15) is 0 Å². The summed E-state index contributed by atoms with van der Waals surface area (Å²) in [7, 11) is 1.95. The average molecular weight is 169 g/mol. The van der Waals surface area contributed by atoms with Gasteiger partial charge in [-0.05, 0) is 38.1 Å². The van der Waals surface area contributed by atoms with Crippen LogP contribution in [0.4, 0.5) is 0 Å². The van der Waals surface area contributed by atoms with Gasteiger partial charge in [-0.3, -0.25) is 0 Å². The molecule has 0 amide bonds. The molecule has 0 aromatic carbocycles. The predicted octanol–water partition coefficient (Wildman–Crippen LogP) is 2.38. The molecule has 0 bridgehead atoms. The third-order valence-electron chi connectivity index (χ3n) is 1.61. The summed E-state index contributed by atoms with van der Waals surface area (Å²) < 4.78 is 5.01. The van der Waals surface area contributed by atoms with Crippen molar-refractivity contribution in [1.82, 2.24) is 5.32 Å². The van der Waals surface area contributed by atoms with E-state index in [1.54, 1.807) is 6.26 Å². The highest BCUT2D eigenvalue weighted by molar-refractivity contribution is 5.18. The van der Waals surface area contributed by atoms with Crippen LogP contribution in [0.3, 0.4) is 0 Å². The summed E-state index contributed by atoms with van der Waals surface area (Å²) in [5.74, 6) is 0. The second-order valence-electron chi connectivity index (χ2n) is 2.43. The van der Waals surface area contributed by atoms with E-state index in [0.29, 0.717) is 0 Å². The first-order valence-electron chi connectivity index (χ1n) is 4.51. The van der Waals surface area contributed by atoms with Crippen LogP contribution < -0.4 is 5.32 Å². The zero-order chi connectivity index (χ0) is 9.40. The van der Waals surface area contributed by atoms with Crippen molar-refractivity contribution in [2.45, 2.75) is 27.2 Å². The Balaban J connectivity index is 0.000000561. The van der Waals surface area contributed by atoms with Crippen LogP contribution in [0.15, 0.2) is 16.9 Å². The van der Waals surface area contributed by atoms with Gasteiger partial charge in [-0.2, -0.15) is 0 Å². The lowest BCUT2D eigenvalue weighted by Crippen LogP contribution is -2.10. The number of aryl methyl sites for hydroxylation is 1. The van der Waals surface area contributed by atoms with Gasteiger partial charge in [0.2, 0.25) is 0 Å². The van der Waals surface area contributed by atoms with Crippen LogP contribution in [-0.4, -0.2) is 13.6 Å². The fourth-order valence-corrected chi connectivity index (χ4v) is 0.903. The molecule has 0 radical (unpaired) electrons.